The first-order valence-corrected chi connectivity index (χ1v) is 7.96. The van der Waals surface area contributed by atoms with E-state index < -0.39 is 0 Å². The summed E-state index contributed by atoms with van der Waals surface area (Å²) < 4.78 is 5.23. The fourth-order valence-corrected chi connectivity index (χ4v) is 2.64. The molecule has 0 aromatic carbocycles. The molecule has 2 rings (SSSR count). The van der Waals surface area contributed by atoms with Gasteiger partial charge in [0.15, 0.2) is 5.82 Å². The number of rotatable bonds is 7. The number of nitrogens with zero attached hydrogens (tertiary/aromatic N) is 4. The minimum absolute atomic E-state index is 0.229. The number of aromatic nitrogens is 2. The maximum atomic E-state index is 12.0. The zero-order valence-corrected chi connectivity index (χ0v) is 14.0. The van der Waals surface area contributed by atoms with Gasteiger partial charge in [0, 0.05) is 38.0 Å². The number of carbonyl (C=O) groups excluding carboxylic acids is 1. The van der Waals surface area contributed by atoms with Gasteiger partial charge in [-0.2, -0.15) is 4.98 Å². The summed E-state index contributed by atoms with van der Waals surface area (Å²) in [6.07, 6.45) is 1.56. The van der Waals surface area contributed by atoms with E-state index in [4.69, 9.17) is 4.52 Å². The first-order chi connectivity index (χ1) is 10.5. The summed E-state index contributed by atoms with van der Waals surface area (Å²) in [5.41, 5.74) is 0. The smallest absolute Gasteiger partial charge is 0.229 e. The van der Waals surface area contributed by atoms with Crippen molar-refractivity contribution < 1.29 is 9.32 Å². The maximum Gasteiger partial charge on any atom is 0.229 e. The van der Waals surface area contributed by atoms with Crippen LogP contribution >= 0.6 is 0 Å². The van der Waals surface area contributed by atoms with Gasteiger partial charge in [0.1, 0.15) is 0 Å². The standard InChI is InChI=1S/C15H27N5O2/c1-11(2)15-17-13(18-22-15)10-19(4)12-6-8-20(9-12)14(21)5-7-16-3/h11-12,16H,5-10H2,1-4H3. The van der Waals surface area contributed by atoms with Crippen molar-refractivity contribution in [1.29, 1.82) is 0 Å². The van der Waals surface area contributed by atoms with Crippen LogP contribution in [0.4, 0.5) is 0 Å². The van der Waals surface area contributed by atoms with Crippen LogP contribution < -0.4 is 5.32 Å². The van der Waals surface area contributed by atoms with Crippen LogP contribution in [-0.4, -0.2) is 65.6 Å². The average Bonchev–Trinajstić information content (AvgIpc) is 3.13. The van der Waals surface area contributed by atoms with Crippen molar-refractivity contribution in [3.63, 3.8) is 0 Å². The molecule has 1 saturated heterocycles. The van der Waals surface area contributed by atoms with Crippen molar-refractivity contribution in [3.8, 4) is 0 Å². The molecule has 0 bridgehead atoms. The van der Waals surface area contributed by atoms with Gasteiger partial charge in [0.25, 0.3) is 0 Å². The Kier molecular flexibility index (Phi) is 5.90. The molecule has 1 aliphatic rings. The first kappa shape index (κ1) is 16.9. The predicted molar refractivity (Wildman–Crippen MR) is 83.4 cm³/mol. The number of nitrogens with one attached hydrogen (secondary N) is 1. The van der Waals surface area contributed by atoms with Gasteiger partial charge >= 0.3 is 0 Å². The fraction of sp³-hybridized carbons (Fsp3) is 0.800. The van der Waals surface area contributed by atoms with E-state index in [0.717, 1.165) is 26.1 Å². The Balaban J connectivity index is 1.83. The lowest BCUT2D eigenvalue weighted by Crippen LogP contribution is -2.37. The molecule has 2 heterocycles. The molecular weight excluding hydrogens is 282 g/mol. The van der Waals surface area contributed by atoms with Gasteiger partial charge in [0.05, 0.1) is 6.54 Å². The van der Waals surface area contributed by atoms with Gasteiger partial charge in [-0.3, -0.25) is 9.69 Å². The maximum absolute atomic E-state index is 12.0. The largest absolute Gasteiger partial charge is 0.341 e. The quantitative estimate of drug-likeness (QED) is 0.804. The van der Waals surface area contributed by atoms with Gasteiger partial charge in [-0.05, 0) is 20.5 Å². The van der Waals surface area contributed by atoms with Crippen molar-refractivity contribution in [2.24, 2.45) is 0 Å². The fourth-order valence-electron chi connectivity index (χ4n) is 2.64. The lowest BCUT2D eigenvalue weighted by atomic mass is 10.2. The zero-order valence-electron chi connectivity index (χ0n) is 14.0. The van der Waals surface area contributed by atoms with Crippen LogP contribution in [-0.2, 0) is 11.3 Å². The Hall–Kier alpha value is -1.47. The molecule has 7 nitrogen and oxygen atoms in total. The van der Waals surface area contributed by atoms with Crippen molar-refractivity contribution in [2.45, 2.75) is 45.2 Å². The van der Waals surface area contributed by atoms with Crippen molar-refractivity contribution in [2.75, 3.05) is 33.7 Å². The highest BCUT2D eigenvalue weighted by atomic mass is 16.5. The molecule has 124 valence electrons. The highest BCUT2D eigenvalue weighted by molar-refractivity contribution is 5.76. The van der Waals surface area contributed by atoms with E-state index in [2.05, 4.69) is 27.4 Å². The lowest BCUT2D eigenvalue weighted by Gasteiger charge is -2.23. The van der Waals surface area contributed by atoms with Crippen molar-refractivity contribution in [1.82, 2.24) is 25.3 Å². The highest BCUT2D eigenvalue weighted by Crippen LogP contribution is 2.18. The molecule has 1 atom stereocenters. The number of amides is 1. The summed E-state index contributed by atoms with van der Waals surface area (Å²) in [6, 6.07) is 0.361. The van der Waals surface area contributed by atoms with E-state index in [0.29, 0.717) is 30.7 Å². The summed E-state index contributed by atoms with van der Waals surface area (Å²) in [7, 11) is 3.92. The molecular formula is C15H27N5O2. The summed E-state index contributed by atoms with van der Waals surface area (Å²) in [5, 5.41) is 7.04. The molecule has 1 aliphatic heterocycles. The van der Waals surface area contributed by atoms with Crippen LogP contribution in [0, 0.1) is 0 Å². The molecule has 22 heavy (non-hydrogen) atoms. The normalized spacial score (nSPS) is 18.6. The van der Waals surface area contributed by atoms with Crippen molar-refractivity contribution in [3.05, 3.63) is 11.7 Å². The number of likely N-dealkylation sites (N-methyl/N-ethyl adjacent to an activating group) is 1. The third-order valence-electron chi connectivity index (χ3n) is 4.10. The molecule has 0 spiro atoms. The number of carbonyl (C=O) groups is 1. The second-order valence-electron chi connectivity index (χ2n) is 6.25. The molecule has 0 aliphatic carbocycles. The summed E-state index contributed by atoms with van der Waals surface area (Å²) in [6.45, 7) is 7.07. The second kappa shape index (κ2) is 7.69. The Morgan fingerprint density at radius 2 is 2.32 bits per heavy atom. The minimum Gasteiger partial charge on any atom is -0.341 e. The van der Waals surface area contributed by atoms with E-state index in [9.17, 15) is 4.79 Å². The van der Waals surface area contributed by atoms with E-state index in [1.54, 1.807) is 0 Å². The molecule has 1 N–H and O–H groups in total. The van der Waals surface area contributed by atoms with Gasteiger partial charge < -0.3 is 14.7 Å². The van der Waals surface area contributed by atoms with E-state index in [1.165, 1.54) is 0 Å². The second-order valence-corrected chi connectivity index (χ2v) is 6.25. The third-order valence-corrected chi connectivity index (χ3v) is 4.10. The first-order valence-electron chi connectivity index (χ1n) is 7.96. The van der Waals surface area contributed by atoms with Crippen LogP contribution in [0.3, 0.4) is 0 Å². The molecule has 0 radical (unpaired) electrons. The predicted octanol–water partition coefficient (Wildman–Crippen LogP) is 0.835. The van der Waals surface area contributed by atoms with E-state index >= 15 is 0 Å². The Bertz CT molecular complexity index is 488. The highest BCUT2D eigenvalue weighted by Gasteiger charge is 2.29. The van der Waals surface area contributed by atoms with Gasteiger partial charge in [-0.1, -0.05) is 19.0 Å². The number of likely N-dealkylation sites (tertiary alicyclic amines) is 1. The van der Waals surface area contributed by atoms with Gasteiger partial charge in [0.2, 0.25) is 11.8 Å². The molecule has 1 aromatic rings. The van der Waals surface area contributed by atoms with Crippen molar-refractivity contribution >= 4 is 5.91 Å². The Labute approximate surface area is 132 Å². The zero-order chi connectivity index (χ0) is 16.1. The SMILES string of the molecule is CNCCC(=O)N1CCC(N(C)Cc2noc(C(C)C)n2)C1. The van der Waals surface area contributed by atoms with Gasteiger partial charge in [-0.15, -0.1) is 0 Å². The van der Waals surface area contributed by atoms with Crippen LogP contribution in [0.1, 0.15) is 44.3 Å². The summed E-state index contributed by atoms with van der Waals surface area (Å²) >= 11 is 0. The lowest BCUT2D eigenvalue weighted by molar-refractivity contribution is -0.130. The molecule has 1 fully saturated rings. The van der Waals surface area contributed by atoms with Crippen LogP contribution in [0.5, 0.6) is 0 Å². The third kappa shape index (κ3) is 4.27. The van der Waals surface area contributed by atoms with E-state index in [1.807, 2.05) is 25.8 Å². The number of hydrogen-bond donors (Lipinski definition) is 1. The molecule has 7 heteroatoms. The monoisotopic (exact) mass is 309 g/mol. The molecule has 1 aromatic heterocycles. The molecule has 0 saturated carbocycles. The minimum atomic E-state index is 0.229. The van der Waals surface area contributed by atoms with E-state index in [-0.39, 0.29) is 11.8 Å². The van der Waals surface area contributed by atoms with Crippen LogP contribution in [0.2, 0.25) is 0 Å². The van der Waals surface area contributed by atoms with Crippen LogP contribution in [0.15, 0.2) is 4.52 Å². The van der Waals surface area contributed by atoms with Crippen LogP contribution in [0.25, 0.3) is 0 Å². The Morgan fingerprint density at radius 3 is 2.95 bits per heavy atom. The summed E-state index contributed by atoms with van der Waals surface area (Å²) in [4.78, 5) is 20.6. The average molecular weight is 309 g/mol. The topological polar surface area (TPSA) is 74.5 Å². The molecule has 1 amide bonds. The van der Waals surface area contributed by atoms with Gasteiger partial charge in [-0.25, -0.2) is 0 Å². The Morgan fingerprint density at radius 1 is 1.55 bits per heavy atom. The summed E-state index contributed by atoms with van der Waals surface area (Å²) in [5.74, 6) is 1.87. The molecule has 1 unspecified atom stereocenters. The number of hydrogen-bond acceptors (Lipinski definition) is 6.